The van der Waals surface area contributed by atoms with Gasteiger partial charge in [0, 0.05) is 27.8 Å². The Bertz CT molecular complexity index is 1410. The summed E-state index contributed by atoms with van der Waals surface area (Å²) in [5, 5.41) is 7.01. The van der Waals surface area contributed by atoms with Crippen LogP contribution in [-0.2, 0) is 25.5 Å². The minimum Gasteiger partial charge on any atom is -0.359 e. The summed E-state index contributed by atoms with van der Waals surface area (Å²) in [5.74, 6) is -1.58. The van der Waals surface area contributed by atoms with Crippen molar-refractivity contribution < 1.29 is 19.1 Å². The van der Waals surface area contributed by atoms with Gasteiger partial charge in [-0.15, -0.1) is 0 Å². The molecule has 3 aliphatic heterocycles. The van der Waals surface area contributed by atoms with Gasteiger partial charge in [-0.05, 0) is 61.8 Å². The predicted octanol–water partition coefficient (Wildman–Crippen LogP) is 6.04. The van der Waals surface area contributed by atoms with Crippen LogP contribution in [0.3, 0.4) is 0 Å². The summed E-state index contributed by atoms with van der Waals surface area (Å²) in [5.41, 5.74) is 0.390. The van der Waals surface area contributed by atoms with E-state index < -0.39 is 29.6 Å². The van der Waals surface area contributed by atoms with Crippen LogP contribution in [0.2, 0.25) is 10.0 Å². The maximum absolute atomic E-state index is 14.4. The largest absolute Gasteiger partial charge is 0.359 e. The van der Waals surface area contributed by atoms with Crippen molar-refractivity contribution >= 4 is 46.6 Å². The Hall–Kier alpha value is -2.87. The van der Waals surface area contributed by atoms with Gasteiger partial charge < -0.3 is 20.3 Å². The SMILES string of the molecule is C[C@@H]1[C@H](C)CCC[C@@H]1NC(=O)[C@@H]1N([C@H](C)CCc2ccccc2)C(=O)[C@@H]2[C@@H](C(=O)Nc3cc(Cl)cc(Cl)c3)[C@@H]3C=C[C@]21O3. The number of benzene rings is 2. The first-order valence-electron chi connectivity index (χ1n) is 15.4. The molecule has 2 bridgehead atoms. The van der Waals surface area contributed by atoms with Crippen molar-refractivity contribution in [3.63, 3.8) is 0 Å². The number of amides is 3. The molecule has 1 saturated carbocycles. The van der Waals surface area contributed by atoms with E-state index in [4.69, 9.17) is 27.9 Å². The Morgan fingerprint density at radius 2 is 1.79 bits per heavy atom. The van der Waals surface area contributed by atoms with Crippen molar-refractivity contribution in [2.75, 3.05) is 5.32 Å². The molecule has 2 N–H and O–H groups in total. The van der Waals surface area contributed by atoms with E-state index in [0.29, 0.717) is 34.0 Å². The van der Waals surface area contributed by atoms with E-state index in [9.17, 15) is 14.4 Å². The number of ether oxygens (including phenoxy) is 1. The lowest BCUT2D eigenvalue weighted by Crippen LogP contribution is -2.59. The Balaban J connectivity index is 1.30. The first-order valence-corrected chi connectivity index (χ1v) is 16.1. The minimum absolute atomic E-state index is 0.0255. The Kier molecular flexibility index (Phi) is 8.35. The zero-order valence-corrected chi connectivity index (χ0v) is 26.3. The van der Waals surface area contributed by atoms with Gasteiger partial charge in [-0.1, -0.05) is 92.4 Å². The number of halogens is 2. The van der Waals surface area contributed by atoms with Crippen molar-refractivity contribution in [1.82, 2.24) is 10.2 Å². The summed E-state index contributed by atoms with van der Waals surface area (Å²) in [7, 11) is 0. The molecule has 43 heavy (non-hydrogen) atoms. The van der Waals surface area contributed by atoms with Gasteiger partial charge in [0.25, 0.3) is 0 Å². The first kappa shape index (κ1) is 30.2. The molecule has 7 nitrogen and oxygen atoms in total. The lowest BCUT2D eigenvalue weighted by Gasteiger charge is -2.39. The molecule has 9 atom stereocenters. The number of carbonyl (C=O) groups excluding carboxylic acids is 3. The van der Waals surface area contributed by atoms with Gasteiger partial charge >= 0.3 is 0 Å². The minimum atomic E-state index is -1.22. The lowest BCUT2D eigenvalue weighted by atomic mass is 9.73. The molecule has 0 radical (unpaired) electrons. The van der Waals surface area contributed by atoms with Gasteiger partial charge in [0.1, 0.15) is 11.6 Å². The van der Waals surface area contributed by atoms with E-state index in [-0.39, 0.29) is 29.8 Å². The lowest BCUT2D eigenvalue weighted by molar-refractivity contribution is -0.144. The highest BCUT2D eigenvalue weighted by molar-refractivity contribution is 6.35. The number of likely N-dealkylation sites (tertiary alicyclic amines) is 1. The van der Waals surface area contributed by atoms with Gasteiger partial charge in [-0.2, -0.15) is 0 Å². The third-order valence-electron chi connectivity index (χ3n) is 10.2. The van der Waals surface area contributed by atoms with Crippen LogP contribution in [0, 0.1) is 23.7 Å². The van der Waals surface area contributed by atoms with Crippen molar-refractivity contribution in [2.45, 2.75) is 82.7 Å². The second-order valence-electron chi connectivity index (χ2n) is 12.8. The molecule has 3 amide bonds. The van der Waals surface area contributed by atoms with Crippen molar-refractivity contribution in [2.24, 2.45) is 23.7 Å². The molecule has 9 heteroatoms. The summed E-state index contributed by atoms with van der Waals surface area (Å²) in [6.07, 6.45) is 7.62. The van der Waals surface area contributed by atoms with E-state index in [0.717, 1.165) is 25.7 Å². The molecule has 1 spiro atoms. The molecular formula is C34H39Cl2N3O4. The number of rotatable bonds is 8. The molecular weight excluding hydrogens is 585 g/mol. The molecule has 2 saturated heterocycles. The monoisotopic (exact) mass is 623 g/mol. The molecule has 0 aromatic heterocycles. The summed E-state index contributed by atoms with van der Waals surface area (Å²) >= 11 is 12.3. The van der Waals surface area contributed by atoms with E-state index in [1.165, 1.54) is 5.56 Å². The predicted molar refractivity (Wildman–Crippen MR) is 168 cm³/mol. The molecule has 3 fully saturated rings. The summed E-state index contributed by atoms with van der Waals surface area (Å²) in [4.78, 5) is 44.3. The van der Waals surface area contributed by atoms with E-state index in [1.54, 1.807) is 23.1 Å². The fourth-order valence-electron chi connectivity index (χ4n) is 7.74. The number of nitrogens with one attached hydrogen (secondary N) is 2. The summed E-state index contributed by atoms with van der Waals surface area (Å²) < 4.78 is 6.54. The number of carbonyl (C=O) groups is 3. The van der Waals surface area contributed by atoms with Crippen molar-refractivity contribution in [1.29, 1.82) is 0 Å². The quantitative estimate of drug-likeness (QED) is 0.351. The topological polar surface area (TPSA) is 87.7 Å². The fourth-order valence-corrected chi connectivity index (χ4v) is 8.27. The van der Waals surface area contributed by atoms with Gasteiger partial charge in [0.2, 0.25) is 17.7 Å². The van der Waals surface area contributed by atoms with Gasteiger partial charge in [-0.25, -0.2) is 0 Å². The van der Waals surface area contributed by atoms with Crippen LogP contribution in [-0.4, -0.2) is 52.5 Å². The second kappa shape index (κ2) is 11.9. The first-order chi connectivity index (χ1) is 20.6. The Labute approximate surface area is 263 Å². The van der Waals surface area contributed by atoms with Gasteiger partial charge in [0.05, 0.1) is 17.9 Å². The number of anilines is 1. The van der Waals surface area contributed by atoms with Crippen LogP contribution < -0.4 is 10.6 Å². The smallest absolute Gasteiger partial charge is 0.246 e. The highest BCUT2D eigenvalue weighted by Crippen LogP contribution is 2.56. The normalized spacial score (nSPS) is 33.4. The zero-order chi connectivity index (χ0) is 30.5. The highest BCUT2D eigenvalue weighted by atomic mass is 35.5. The number of aryl methyl sites for hydroxylation is 1. The van der Waals surface area contributed by atoms with Gasteiger partial charge in [0.15, 0.2) is 0 Å². The molecule has 6 rings (SSSR count). The van der Waals surface area contributed by atoms with E-state index in [1.807, 2.05) is 37.3 Å². The molecule has 2 aromatic carbocycles. The summed E-state index contributed by atoms with van der Waals surface area (Å²) in [6, 6.07) is 13.8. The van der Waals surface area contributed by atoms with Crippen molar-refractivity contribution in [3.8, 4) is 0 Å². The van der Waals surface area contributed by atoms with Crippen LogP contribution in [0.1, 0.15) is 52.0 Å². The molecule has 1 aliphatic carbocycles. The summed E-state index contributed by atoms with van der Waals surface area (Å²) in [6.45, 7) is 6.41. The maximum atomic E-state index is 14.4. The third-order valence-corrected chi connectivity index (χ3v) is 10.6. The Morgan fingerprint density at radius 3 is 2.51 bits per heavy atom. The second-order valence-corrected chi connectivity index (χ2v) is 13.7. The standard InChI is InChI=1S/C34H39Cl2N3O4/c1-19-8-7-11-26(21(19)3)38-32(41)30-34-15-14-27(43-34)28(31(40)37-25-17-23(35)16-24(36)18-25)29(34)33(42)39(30)20(2)12-13-22-9-5-4-6-10-22/h4-6,9-10,14-21,26-30H,7-8,11-13H2,1-3H3,(H,37,40)(H,38,41)/t19-,20-,21-,26+,27+,28+,29+,30+,34+/m1/s1. The number of hydrogen-bond donors (Lipinski definition) is 2. The van der Waals surface area contributed by atoms with E-state index >= 15 is 0 Å². The van der Waals surface area contributed by atoms with Crippen molar-refractivity contribution in [3.05, 3.63) is 76.3 Å². The average Bonchev–Trinajstić information content (AvgIpc) is 3.61. The molecule has 3 heterocycles. The zero-order valence-electron chi connectivity index (χ0n) is 24.8. The van der Waals surface area contributed by atoms with Crippen LogP contribution in [0.15, 0.2) is 60.7 Å². The third kappa shape index (κ3) is 5.49. The van der Waals surface area contributed by atoms with Crippen LogP contribution >= 0.6 is 23.2 Å². The van der Waals surface area contributed by atoms with Crippen LogP contribution in [0.5, 0.6) is 0 Å². The maximum Gasteiger partial charge on any atom is 0.246 e. The number of fused-ring (bicyclic) bond motifs is 1. The van der Waals surface area contributed by atoms with Crippen LogP contribution in [0.4, 0.5) is 5.69 Å². The number of hydrogen-bond acceptors (Lipinski definition) is 4. The van der Waals surface area contributed by atoms with Gasteiger partial charge in [-0.3, -0.25) is 14.4 Å². The molecule has 0 unspecified atom stereocenters. The van der Waals surface area contributed by atoms with Crippen LogP contribution in [0.25, 0.3) is 0 Å². The molecule has 228 valence electrons. The molecule has 4 aliphatic rings. The average molecular weight is 625 g/mol. The fraction of sp³-hybridized carbons (Fsp3) is 0.500. The molecule has 2 aromatic rings. The highest BCUT2D eigenvalue weighted by Gasteiger charge is 2.73. The van der Waals surface area contributed by atoms with E-state index in [2.05, 4.69) is 36.6 Å². The number of nitrogens with zero attached hydrogens (tertiary/aromatic N) is 1. The Morgan fingerprint density at radius 1 is 1.07 bits per heavy atom.